The third-order valence-corrected chi connectivity index (χ3v) is 3.16. The van der Waals surface area contributed by atoms with E-state index in [1.165, 1.54) is 0 Å². The monoisotopic (exact) mass is 282 g/mol. The minimum Gasteiger partial charge on any atom is -0.444 e. The third kappa shape index (κ3) is 3.38. The van der Waals surface area contributed by atoms with E-state index in [0.29, 0.717) is 18.2 Å². The predicted octanol–water partition coefficient (Wildman–Crippen LogP) is 3.59. The molecule has 1 aliphatic rings. The van der Waals surface area contributed by atoms with Crippen LogP contribution in [-0.4, -0.2) is 28.1 Å². The largest absolute Gasteiger partial charge is 0.444 e. The van der Waals surface area contributed by atoms with Crippen molar-refractivity contribution in [1.82, 2.24) is 9.88 Å². The second-order valence-corrected chi connectivity index (χ2v) is 6.33. The smallest absolute Gasteiger partial charge is 0.410 e. The molecule has 2 rings (SSSR count). The van der Waals surface area contributed by atoms with E-state index in [2.05, 4.69) is 4.98 Å². The Balaban J connectivity index is 2.17. The van der Waals surface area contributed by atoms with Crippen LogP contribution >= 0.6 is 11.6 Å². The molecule has 104 valence electrons. The summed E-state index contributed by atoms with van der Waals surface area (Å²) < 4.78 is 5.40. The van der Waals surface area contributed by atoms with Crippen molar-refractivity contribution in [2.45, 2.75) is 45.8 Å². The van der Waals surface area contributed by atoms with E-state index in [9.17, 15) is 4.79 Å². The molecule has 0 bridgehead atoms. The van der Waals surface area contributed by atoms with Gasteiger partial charge >= 0.3 is 6.09 Å². The van der Waals surface area contributed by atoms with Crippen LogP contribution in [0.3, 0.4) is 0 Å². The molecule has 0 saturated heterocycles. The molecule has 1 atom stereocenters. The van der Waals surface area contributed by atoms with Gasteiger partial charge in [0.25, 0.3) is 0 Å². The highest BCUT2D eigenvalue weighted by Crippen LogP contribution is 2.28. The van der Waals surface area contributed by atoms with Crippen LogP contribution in [0.4, 0.5) is 4.79 Å². The van der Waals surface area contributed by atoms with Crippen LogP contribution in [-0.2, 0) is 11.3 Å². The average Bonchev–Trinajstić information content (AvgIpc) is 2.27. The van der Waals surface area contributed by atoms with Gasteiger partial charge in [0.1, 0.15) is 10.8 Å². The first-order valence-electron chi connectivity index (χ1n) is 6.39. The summed E-state index contributed by atoms with van der Waals surface area (Å²) in [6.07, 6.45) is -0.278. The SMILES string of the molecule is C[C@@H]1CN(C(=O)OC(C)(C)C)Cc2ccc(Cl)nc21. The summed E-state index contributed by atoms with van der Waals surface area (Å²) in [6.45, 7) is 8.78. The number of halogens is 1. The number of hydrogen-bond donors (Lipinski definition) is 0. The minimum absolute atomic E-state index is 0.162. The third-order valence-electron chi connectivity index (χ3n) is 2.95. The maximum absolute atomic E-state index is 12.1. The van der Waals surface area contributed by atoms with Crippen molar-refractivity contribution >= 4 is 17.7 Å². The van der Waals surface area contributed by atoms with Crippen molar-refractivity contribution in [3.05, 3.63) is 28.5 Å². The van der Waals surface area contributed by atoms with Gasteiger partial charge in [-0.3, -0.25) is 0 Å². The molecule has 1 aliphatic heterocycles. The van der Waals surface area contributed by atoms with E-state index in [1.807, 2.05) is 33.8 Å². The zero-order valence-electron chi connectivity index (χ0n) is 11.7. The van der Waals surface area contributed by atoms with Gasteiger partial charge in [0.15, 0.2) is 0 Å². The van der Waals surface area contributed by atoms with Crippen molar-refractivity contribution in [3.63, 3.8) is 0 Å². The second-order valence-electron chi connectivity index (χ2n) is 5.94. The maximum atomic E-state index is 12.1. The number of hydrogen-bond acceptors (Lipinski definition) is 3. The van der Waals surface area contributed by atoms with Crippen LogP contribution in [0.15, 0.2) is 12.1 Å². The van der Waals surface area contributed by atoms with Gasteiger partial charge in [-0.1, -0.05) is 24.6 Å². The number of pyridine rings is 1. The molecule has 0 radical (unpaired) electrons. The number of nitrogens with zero attached hydrogens (tertiary/aromatic N) is 2. The lowest BCUT2D eigenvalue weighted by Crippen LogP contribution is -2.41. The number of ether oxygens (including phenoxy) is 1. The second kappa shape index (κ2) is 5.00. The average molecular weight is 283 g/mol. The molecule has 0 spiro atoms. The number of fused-ring (bicyclic) bond motifs is 1. The Morgan fingerprint density at radius 1 is 1.47 bits per heavy atom. The molecule has 0 unspecified atom stereocenters. The summed E-state index contributed by atoms with van der Waals surface area (Å²) in [7, 11) is 0. The Kier molecular flexibility index (Phi) is 3.72. The summed E-state index contributed by atoms with van der Waals surface area (Å²) in [5, 5.41) is 0.497. The van der Waals surface area contributed by atoms with Crippen molar-refractivity contribution in [2.75, 3.05) is 6.54 Å². The van der Waals surface area contributed by atoms with Crippen molar-refractivity contribution in [1.29, 1.82) is 0 Å². The number of carbonyl (C=O) groups excluding carboxylic acids is 1. The lowest BCUT2D eigenvalue weighted by atomic mass is 9.97. The highest BCUT2D eigenvalue weighted by molar-refractivity contribution is 6.29. The van der Waals surface area contributed by atoms with Crippen LogP contribution < -0.4 is 0 Å². The number of rotatable bonds is 0. The van der Waals surface area contributed by atoms with Gasteiger partial charge in [-0.25, -0.2) is 9.78 Å². The minimum atomic E-state index is -0.473. The van der Waals surface area contributed by atoms with E-state index in [0.717, 1.165) is 11.3 Å². The van der Waals surface area contributed by atoms with Gasteiger partial charge in [0.2, 0.25) is 0 Å². The first-order chi connectivity index (χ1) is 8.76. The van der Waals surface area contributed by atoms with Gasteiger partial charge in [-0.05, 0) is 32.4 Å². The fraction of sp³-hybridized carbons (Fsp3) is 0.571. The standard InChI is InChI=1S/C14H19ClN2O2/c1-9-7-17(13(18)19-14(2,3)4)8-10-5-6-11(15)16-12(9)10/h5-6,9H,7-8H2,1-4H3/t9-/m1/s1. The summed E-state index contributed by atoms with van der Waals surface area (Å²) in [5.41, 5.74) is 1.54. The summed E-state index contributed by atoms with van der Waals surface area (Å²) >= 11 is 5.91. The molecule has 0 aliphatic carbocycles. The van der Waals surface area contributed by atoms with Crippen LogP contribution in [0.5, 0.6) is 0 Å². The molecule has 0 fully saturated rings. The molecule has 1 amide bonds. The molecule has 19 heavy (non-hydrogen) atoms. The highest BCUT2D eigenvalue weighted by Gasteiger charge is 2.29. The van der Waals surface area contributed by atoms with Gasteiger partial charge in [-0.2, -0.15) is 0 Å². The van der Waals surface area contributed by atoms with Gasteiger partial charge in [-0.15, -0.1) is 0 Å². The first-order valence-corrected chi connectivity index (χ1v) is 6.77. The lowest BCUT2D eigenvalue weighted by molar-refractivity contribution is 0.0207. The van der Waals surface area contributed by atoms with E-state index < -0.39 is 5.60 Å². The Bertz CT molecular complexity index is 497. The molecule has 0 aromatic carbocycles. The first kappa shape index (κ1) is 14.1. The number of aromatic nitrogens is 1. The molecule has 4 nitrogen and oxygen atoms in total. The predicted molar refractivity (Wildman–Crippen MR) is 74.3 cm³/mol. The topological polar surface area (TPSA) is 42.4 Å². The zero-order valence-corrected chi connectivity index (χ0v) is 12.5. The molecule has 2 heterocycles. The molecule has 0 N–H and O–H groups in total. The quantitative estimate of drug-likeness (QED) is 0.683. The maximum Gasteiger partial charge on any atom is 0.410 e. The Morgan fingerprint density at radius 3 is 2.79 bits per heavy atom. The van der Waals surface area contributed by atoms with Crippen LogP contribution in [0.1, 0.15) is 44.9 Å². The Morgan fingerprint density at radius 2 is 2.16 bits per heavy atom. The normalized spacial score (nSPS) is 19.0. The number of carbonyl (C=O) groups is 1. The highest BCUT2D eigenvalue weighted by atomic mass is 35.5. The van der Waals surface area contributed by atoms with Gasteiger partial charge < -0.3 is 9.64 Å². The van der Waals surface area contributed by atoms with E-state index >= 15 is 0 Å². The fourth-order valence-electron chi connectivity index (χ4n) is 2.19. The van der Waals surface area contributed by atoms with Crippen molar-refractivity contribution < 1.29 is 9.53 Å². The van der Waals surface area contributed by atoms with Crippen LogP contribution in [0.25, 0.3) is 0 Å². The van der Waals surface area contributed by atoms with Gasteiger partial charge in [0, 0.05) is 12.5 Å². The number of amides is 1. The Hall–Kier alpha value is -1.29. The van der Waals surface area contributed by atoms with Crippen molar-refractivity contribution in [3.8, 4) is 0 Å². The summed E-state index contributed by atoms with van der Waals surface area (Å²) in [4.78, 5) is 18.2. The molecule has 1 aromatic heterocycles. The molecule has 5 heteroatoms. The van der Waals surface area contributed by atoms with Gasteiger partial charge in [0.05, 0.1) is 12.2 Å². The molecular weight excluding hydrogens is 264 g/mol. The molecular formula is C14H19ClN2O2. The van der Waals surface area contributed by atoms with E-state index in [1.54, 1.807) is 11.0 Å². The lowest BCUT2D eigenvalue weighted by Gasteiger charge is -2.33. The fourth-order valence-corrected chi connectivity index (χ4v) is 2.35. The van der Waals surface area contributed by atoms with E-state index in [4.69, 9.17) is 16.3 Å². The zero-order chi connectivity index (χ0) is 14.2. The molecule has 0 saturated carbocycles. The Labute approximate surface area is 118 Å². The molecule has 1 aromatic rings. The van der Waals surface area contributed by atoms with Crippen molar-refractivity contribution in [2.24, 2.45) is 0 Å². The summed E-state index contributed by atoms with van der Waals surface area (Å²) in [5.74, 6) is 0.162. The van der Waals surface area contributed by atoms with E-state index in [-0.39, 0.29) is 12.0 Å². The van der Waals surface area contributed by atoms with Crippen LogP contribution in [0.2, 0.25) is 5.15 Å². The summed E-state index contributed by atoms with van der Waals surface area (Å²) in [6, 6.07) is 3.68. The van der Waals surface area contributed by atoms with Crippen LogP contribution in [0, 0.1) is 0 Å².